The van der Waals surface area contributed by atoms with E-state index in [-0.39, 0.29) is 28.8 Å². The fourth-order valence-corrected chi connectivity index (χ4v) is 8.48. The van der Waals surface area contributed by atoms with Crippen LogP contribution in [0.15, 0.2) is 71.8 Å². The van der Waals surface area contributed by atoms with E-state index in [0.717, 1.165) is 35.7 Å². The lowest BCUT2D eigenvalue weighted by molar-refractivity contribution is 0.0733. The average molecular weight is 591 g/mol. The number of aromatic nitrogens is 5. The first-order valence-corrected chi connectivity index (χ1v) is 15.3. The van der Waals surface area contributed by atoms with E-state index in [0.29, 0.717) is 24.9 Å². The molecule has 4 heterocycles. The van der Waals surface area contributed by atoms with Gasteiger partial charge in [-0.3, -0.25) is 14.5 Å². The molecule has 216 valence electrons. The first kappa shape index (κ1) is 26.8. The van der Waals surface area contributed by atoms with Crippen LogP contribution in [0.5, 0.6) is 0 Å². The maximum atomic E-state index is 14.4. The number of fused-ring (bicyclic) bond motifs is 2. The highest BCUT2D eigenvalue weighted by molar-refractivity contribution is 7.89. The Labute approximate surface area is 241 Å². The highest BCUT2D eigenvalue weighted by Gasteiger charge is 2.53. The lowest BCUT2D eigenvalue weighted by Crippen LogP contribution is -2.51. The molecule has 42 heavy (non-hydrogen) atoms. The minimum atomic E-state index is -3.87. The summed E-state index contributed by atoms with van der Waals surface area (Å²) in [5.74, 6) is -1.47. The summed E-state index contributed by atoms with van der Waals surface area (Å²) in [6.45, 7) is 0. The summed E-state index contributed by atoms with van der Waals surface area (Å²) >= 11 is 0. The number of pyridine rings is 2. The first-order valence-electron chi connectivity index (χ1n) is 13.9. The average Bonchev–Trinajstić information content (AvgIpc) is 3.55. The molecular weight excluding hydrogens is 562 g/mol. The molecule has 0 saturated heterocycles. The number of ketones is 1. The summed E-state index contributed by atoms with van der Waals surface area (Å²) in [4.78, 5) is 22.5. The molecule has 7 rings (SSSR count). The number of carbonyl (C=O) groups is 1. The Kier molecular flexibility index (Phi) is 6.24. The molecular formula is C30H28F2N6O3S. The predicted octanol–water partition coefficient (Wildman–Crippen LogP) is 4.49. The van der Waals surface area contributed by atoms with Crippen LogP contribution in [0.25, 0.3) is 11.8 Å². The van der Waals surface area contributed by atoms with Gasteiger partial charge in [-0.05, 0) is 74.4 Å². The maximum Gasteiger partial charge on any atom is 0.246 e. The summed E-state index contributed by atoms with van der Waals surface area (Å²) in [6.07, 6.45) is 12.5. The van der Waals surface area contributed by atoms with Crippen molar-refractivity contribution in [2.24, 2.45) is 12.5 Å². The van der Waals surface area contributed by atoms with Crippen molar-refractivity contribution >= 4 is 21.9 Å². The first-order chi connectivity index (χ1) is 20.2. The maximum absolute atomic E-state index is 14.4. The summed E-state index contributed by atoms with van der Waals surface area (Å²) in [6, 6.07) is 6.60. The SMILES string of the molecule is Cn1cc(S(=O)(=O)N(C2CC2)[C@H]2CCC3=Cc4c(ccn4-c4ccc(F)nc4)C[C@]3(C(=O)c3cc(F)ccn3)C2)cn1. The van der Waals surface area contributed by atoms with Crippen molar-refractivity contribution in [1.82, 2.24) is 28.6 Å². The molecule has 0 amide bonds. The molecule has 2 saturated carbocycles. The lowest BCUT2D eigenvalue weighted by atomic mass is 9.60. The van der Waals surface area contributed by atoms with Crippen LogP contribution in [-0.4, -0.2) is 54.9 Å². The number of nitrogens with zero attached hydrogens (tertiary/aromatic N) is 6. The van der Waals surface area contributed by atoms with Crippen molar-refractivity contribution in [2.75, 3.05) is 0 Å². The Balaban J connectivity index is 1.32. The van der Waals surface area contributed by atoms with Gasteiger partial charge in [0.05, 0.1) is 23.5 Å². The molecule has 4 aromatic rings. The standard InChI is InChI=1S/C30H28F2N6O3S/c1-36-18-25(17-35-36)42(40,41)38(22-4-5-22)23-3-2-20-12-27-19(9-11-37(27)24-6-7-28(32)34-16-24)14-30(20,15-23)29(39)26-13-21(31)8-10-33-26/h6-13,16-18,22-23H,2-5,14-15H2,1H3/t23-,30-/m0/s1. The van der Waals surface area contributed by atoms with Crippen LogP contribution in [0.1, 0.15) is 53.8 Å². The van der Waals surface area contributed by atoms with E-state index in [1.165, 1.54) is 41.6 Å². The highest BCUT2D eigenvalue weighted by atomic mass is 32.2. The van der Waals surface area contributed by atoms with Crippen LogP contribution >= 0.6 is 0 Å². The zero-order chi connectivity index (χ0) is 29.2. The molecule has 2 atom stereocenters. The number of Topliss-reactive ketones (excluding diaryl/α,β-unsaturated/α-hetero) is 1. The van der Waals surface area contributed by atoms with Gasteiger partial charge in [0, 0.05) is 49.5 Å². The quantitative estimate of drug-likeness (QED) is 0.232. The third-order valence-corrected chi connectivity index (χ3v) is 10.6. The van der Waals surface area contributed by atoms with E-state index < -0.39 is 33.2 Å². The fraction of sp³-hybridized carbons (Fsp3) is 0.333. The zero-order valence-electron chi connectivity index (χ0n) is 22.8. The Bertz CT molecular complexity index is 1840. The van der Waals surface area contributed by atoms with Gasteiger partial charge >= 0.3 is 0 Å². The van der Waals surface area contributed by atoms with E-state index in [1.54, 1.807) is 17.4 Å². The molecule has 0 aliphatic heterocycles. The molecule has 0 radical (unpaired) electrons. The van der Waals surface area contributed by atoms with E-state index in [1.807, 2.05) is 22.9 Å². The topological polar surface area (TPSA) is 103 Å². The summed E-state index contributed by atoms with van der Waals surface area (Å²) in [5, 5.41) is 4.08. The molecule has 0 spiro atoms. The van der Waals surface area contributed by atoms with Crippen molar-refractivity contribution in [1.29, 1.82) is 0 Å². The number of allylic oxidation sites excluding steroid dienone is 1. The molecule has 12 heteroatoms. The molecule has 0 aromatic carbocycles. The number of halogens is 2. The van der Waals surface area contributed by atoms with Crippen LogP contribution in [0, 0.1) is 17.2 Å². The lowest BCUT2D eigenvalue weighted by Gasteiger charge is -2.46. The number of rotatable bonds is 7. The van der Waals surface area contributed by atoms with E-state index in [2.05, 4.69) is 15.1 Å². The van der Waals surface area contributed by atoms with Crippen molar-refractivity contribution in [3.8, 4) is 5.69 Å². The second-order valence-electron chi connectivity index (χ2n) is 11.4. The second-order valence-corrected chi connectivity index (χ2v) is 13.2. The number of sulfonamides is 1. The van der Waals surface area contributed by atoms with Crippen molar-refractivity contribution in [2.45, 2.75) is 55.5 Å². The van der Waals surface area contributed by atoms with Crippen LogP contribution < -0.4 is 0 Å². The Morgan fingerprint density at radius 1 is 1.07 bits per heavy atom. The van der Waals surface area contributed by atoms with Gasteiger partial charge in [-0.2, -0.15) is 13.8 Å². The predicted molar refractivity (Wildman–Crippen MR) is 149 cm³/mol. The zero-order valence-corrected chi connectivity index (χ0v) is 23.6. The molecule has 0 bridgehead atoms. The molecule has 0 N–H and O–H groups in total. The van der Waals surface area contributed by atoms with Crippen LogP contribution in [0.3, 0.4) is 0 Å². The van der Waals surface area contributed by atoms with Gasteiger partial charge in [0.2, 0.25) is 16.0 Å². The smallest absolute Gasteiger partial charge is 0.246 e. The van der Waals surface area contributed by atoms with Gasteiger partial charge in [0.25, 0.3) is 0 Å². The summed E-state index contributed by atoms with van der Waals surface area (Å²) in [5.41, 5.74) is 2.17. The molecule has 0 unspecified atom stereocenters. The van der Waals surface area contributed by atoms with Crippen LogP contribution in [0.2, 0.25) is 0 Å². The van der Waals surface area contributed by atoms with Crippen LogP contribution in [0.4, 0.5) is 8.78 Å². The molecule has 3 aliphatic carbocycles. The Morgan fingerprint density at radius 2 is 1.90 bits per heavy atom. The second kappa shape index (κ2) is 9.77. The van der Waals surface area contributed by atoms with E-state index in [9.17, 15) is 22.0 Å². The third kappa shape index (κ3) is 4.40. The number of carbonyl (C=O) groups excluding carboxylic acids is 1. The van der Waals surface area contributed by atoms with Crippen molar-refractivity contribution < 1.29 is 22.0 Å². The van der Waals surface area contributed by atoms with Gasteiger partial charge in [-0.1, -0.05) is 5.57 Å². The molecule has 3 aliphatic rings. The fourth-order valence-electron chi connectivity index (χ4n) is 6.60. The number of hydrogen-bond acceptors (Lipinski definition) is 6. The Hall–Kier alpha value is -4.03. The minimum Gasteiger partial charge on any atom is -0.315 e. The normalized spacial score (nSPS) is 22.0. The largest absolute Gasteiger partial charge is 0.315 e. The van der Waals surface area contributed by atoms with E-state index in [4.69, 9.17) is 0 Å². The number of hydrogen-bond donors (Lipinski definition) is 0. The van der Waals surface area contributed by atoms with E-state index >= 15 is 0 Å². The van der Waals surface area contributed by atoms with Gasteiger partial charge < -0.3 is 4.57 Å². The summed E-state index contributed by atoms with van der Waals surface area (Å²) in [7, 11) is -2.20. The number of aryl methyl sites for hydroxylation is 1. The van der Waals surface area contributed by atoms with Crippen LogP contribution in [-0.2, 0) is 23.5 Å². The van der Waals surface area contributed by atoms with Gasteiger partial charge in [-0.25, -0.2) is 17.8 Å². The summed E-state index contributed by atoms with van der Waals surface area (Å²) < 4.78 is 60.6. The van der Waals surface area contributed by atoms with Crippen molar-refractivity contribution in [3.63, 3.8) is 0 Å². The van der Waals surface area contributed by atoms with Gasteiger partial charge in [-0.15, -0.1) is 0 Å². The van der Waals surface area contributed by atoms with Crippen molar-refractivity contribution in [3.05, 3.63) is 95.6 Å². The minimum absolute atomic E-state index is 0.0141. The molecule has 4 aromatic heterocycles. The Morgan fingerprint density at radius 3 is 2.60 bits per heavy atom. The molecule has 9 nitrogen and oxygen atoms in total. The monoisotopic (exact) mass is 590 g/mol. The van der Waals surface area contributed by atoms with Gasteiger partial charge in [0.15, 0.2) is 5.78 Å². The third-order valence-electron chi connectivity index (χ3n) is 8.66. The van der Waals surface area contributed by atoms with Gasteiger partial charge in [0.1, 0.15) is 16.4 Å². The highest BCUT2D eigenvalue weighted by Crippen LogP contribution is 2.52. The molecule has 2 fully saturated rings.